The van der Waals surface area contributed by atoms with Crippen molar-refractivity contribution in [3.8, 4) is 5.75 Å². The molecule has 1 aliphatic heterocycles. The van der Waals surface area contributed by atoms with Gasteiger partial charge in [0, 0.05) is 17.4 Å². The lowest BCUT2D eigenvalue weighted by Gasteiger charge is -2.55. The minimum absolute atomic E-state index is 0.0905. The Morgan fingerprint density at radius 1 is 1.16 bits per heavy atom. The molecule has 0 spiro atoms. The average Bonchev–Trinajstić information content (AvgIpc) is 2.82. The molecule has 2 aliphatic carbocycles. The lowest BCUT2D eigenvalue weighted by molar-refractivity contribution is -0.168. The van der Waals surface area contributed by atoms with Crippen molar-refractivity contribution in [3.05, 3.63) is 65.2 Å². The van der Waals surface area contributed by atoms with Gasteiger partial charge < -0.3 is 10.1 Å². The van der Waals surface area contributed by atoms with E-state index < -0.39 is 6.16 Å². The van der Waals surface area contributed by atoms with E-state index >= 15 is 0 Å². The highest BCUT2D eigenvalue weighted by atomic mass is 17.2. The second kappa shape index (κ2) is 8.54. The normalized spacial score (nSPS) is 27.4. The van der Waals surface area contributed by atoms with Gasteiger partial charge >= 0.3 is 6.16 Å². The number of fused-ring (bicyclic) bond motifs is 1. The van der Waals surface area contributed by atoms with Crippen LogP contribution in [0.4, 0.5) is 4.79 Å². The Bertz CT molecular complexity index is 926. The van der Waals surface area contributed by atoms with E-state index in [1.807, 2.05) is 43.3 Å². The summed E-state index contributed by atoms with van der Waals surface area (Å²) in [5, 5.41) is 3.76. The number of rotatable bonds is 5. The Hall–Kier alpha value is -2.53. The number of ether oxygens (including phenoxy) is 1. The van der Waals surface area contributed by atoms with Crippen molar-refractivity contribution in [2.24, 2.45) is 5.92 Å². The highest BCUT2D eigenvalue weighted by molar-refractivity contribution is 5.59. The maximum atomic E-state index is 12.1. The van der Waals surface area contributed by atoms with E-state index in [2.05, 4.69) is 17.4 Å². The third kappa shape index (κ3) is 3.91. The van der Waals surface area contributed by atoms with E-state index in [1.54, 1.807) is 0 Å². The number of benzene rings is 2. The summed E-state index contributed by atoms with van der Waals surface area (Å²) in [6.45, 7) is 3.34. The zero-order chi connectivity index (χ0) is 21.3. The van der Waals surface area contributed by atoms with Crippen LogP contribution in [0.1, 0.15) is 61.6 Å². The van der Waals surface area contributed by atoms with Gasteiger partial charge in [0.15, 0.2) is 5.75 Å². The molecular formula is C26H31NO4. The second-order valence-corrected chi connectivity index (χ2v) is 9.38. The zero-order valence-electron chi connectivity index (χ0n) is 18.1. The molecule has 5 rings (SSSR count). The number of hydrogen-bond donors (Lipinski definition) is 1. The summed E-state index contributed by atoms with van der Waals surface area (Å²) in [5.41, 5.74) is 4.17. The lowest BCUT2D eigenvalue weighted by atomic mass is 9.53. The maximum absolute atomic E-state index is 12.1. The Morgan fingerprint density at radius 2 is 2.03 bits per heavy atom. The molecule has 2 bridgehead atoms. The molecule has 2 aromatic carbocycles. The molecule has 31 heavy (non-hydrogen) atoms. The van der Waals surface area contributed by atoms with Gasteiger partial charge in [0.25, 0.3) is 0 Å². The van der Waals surface area contributed by atoms with Crippen LogP contribution >= 0.6 is 0 Å². The first-order chi connectivity index (χ1) is 15.2. The van der Waals surface area contributed by atoms with Crippen LogP contribution in [0.15, 0.2) is 48.5 Å². The van der Waals surface area contributed by atoms with Crippen LogP contribution in [-0.2, 0) is 21.5 Å². The smallest absolute Gasteiger partial charge is 0.431 e. The molecular weight excluding hydrogens is 390 g/mol. The molecule has 0 aromatic heterocycles. The molecule has 1 saturated heterocycles. The molecule has 2 fully saturated rings. The van der Waals surface area contributed by atoms with Crippen LogP contribution in [0.3, 0.4) is 0 Å². The molecule has 5 nitrogen and oxygen atoms in total. The Kier molecular flexibility index (Phi) is 5.61. The van der Waals surface area contributed by atoms with E-state index in [0.717, 1.165) is 18.5 Å². The van der Waals surface area contributed by atoms with Gasteiger partial charge in [-0.2, -0.15) is 4.79 Å². The first-order valence-electron chi connectivity index (χ1n) is 11.6. The van der Waals surface area contributed by atoms with Gasteiger partial charge in [-0.15, -0.1) is 0 Å². The van der Waals surface area contributed by atoms with Crippen LogP contribution in [0.5, 0.6) is 5.75 Å². The molecule has 5 heteroatoms. The van der Waals surface area contributed by atoms with Gasteiger partial charge in [-0.1, -0.05) is 56.2 Å². The SMILES string of the molecule is CC(COC(=O)OOc1ccc2c(c1)[C@@]13CCCC[C@H]1[C@@H](C2)NCC3)c1ccccc1. The van der Waals surface area contributed by atoms with Crippen molar-refractivity contribution in [1.29, 1.82) is 0 Å². The number of piperidine rings is 1. The van der Waals surface area contributed by atoms with E-state index in [1.165, 1.54) is 43.2 Å². The molecule has 1 N–H and O–H groups in total. The fraction of sp³-hybridized carbons (Fsp3) is 0.500. The molecule has 2 aromatic rings. The number of carbonyl (C=O) groups excluding carboxylic acids is 1. The maximum Gasteiger partial charge on any atom is 0.549 e. The standard InChI is InChI=1S/C26H31NO4/c1-18(19-7-3-2-4-8-19)17-29-25(28)31-30-21-11-10-20-15-24-22-9-5-6-12-26(22,13-14-27-24)23(20)16-21/h2-4,7-8,10-11,16,18,22,24,27H,5-6,9,12-15,17H2,1H3/t18?,22-,24+,26+/m0/s1. The van der Waals surface area contributed by atoms with Crippen molar-refractivity contribution in [2.45, 2.75) is 62.8 Å². The van der Waals surface area contributed by atoms with Crippen LogP contribution in [0.25, 0.3) is 0 Å². The molecule has 1 unspecified atom stereocenters. The van der Waals surface area contributed by atoms with Crippen molar-refractivity contribution in [1.82, 2.24) is 5.32 Å². The number of nitrogens with one attached hydrogen (secondary N) is 1. The van der Waals surface area contributed by atoms with Crippen molar-refractivity contribution >= 4 is 6.16 Å². The van der Waals surface area contributed by atoms with E-state index in [9.17, 15) is 4.79 Å². The van der Waals surface area contributed by atoms with Crippen LogP contribution < -0.4 is 10.2 Å². The molecule has 164 valence electrons. The third-order valence-electron chi connectivity index (χ3n) is 7.64. The van der Waals surface area contributed by atoms with E-state index in [0.29, 0.717) is 17.7 Å². The van der Waals surface area contributed by atoms with Crippen LogP contribution in [-0.4, -0.2) is 25.3 Å². The molecule has 1 heterocycles. The Balaban J connectivity index is 1.23. The minimum atomic E-state index is -0.809. The fourth-order valence-corrected chi connectivity index (χ4v) is 6.13. The predicted molar refractivity (Wildman–Crippen MR) is 118 cm³/mol. The van der Waals surface area contributed by atoms with Gasteiger partial charge in [0.2, 0.25) is 0 Å². The minimum Gasteiger partial charge on any atom is -0.431 e. The Labute approximate surface area is 184 Å². The molecule has 1 saturated carbocycles. The largest absolute Gasteiger partial charge is 0.549 e. The van der Waals surface area contributed by atoms with Crippen molar-refractivity contribution in [2.75, 3.05) is 13.2 Å². The highest BCUT2D eigenvalue weighted by Crippen LogP contribution is 2.54. The third-order valence-corrected chi connectivity index (χ3v) is 7.64. The summed E-state index contributed by atoms with van der Waals surface area (Å²) >= 11 is 0. The van der Waals surface area contributed by atoms with Crippen molar-refractivity contribution < 1.29 is 19.3 Å². The molecule has 0 amide bonds. The van der Waals surface area contributed by atoms with Gasteiger partial charge in [-0.05, 0) is 67.0 Å². The van der Waals surface area contributed by atoms with Crippen molar-refractivity contribution in [3.63, 3.8) is 0 Å². The monoisotopic (exact) mass is 421 g/mol. The zero-order valence-corrected chi connectivity index (χ0v) is 18.1. The Morgan fingerprint density at radius 3 is 2.90 bits per heavy atom. The molecule has 4 atom stereocenters. The lowest BCUT2D eigenvalue weighted by Crippen LogP contribution is -2.59. The summed E-state index contributed by atoms with van der Waals surface area (Å²) in [7, 11) is 0. The summed E-state index contributed by atoms with van der Waals surface area (Å²) in [4.78, 5) is 22.4. The second-order valence-electron chi connectivity index (χ2n) is 9.38. The van der Waals surface area contributed by atoms with Gasteiger partial charge in [0.05, 0.1) is 0 Å². The van der Waals surface area contributed by atoms with Gasteiger partial charge in [-0.25, -0.2) is 4.89 Å². The summed E-state index contributed by atoms with van der Waals surface area (Å²) in [6, 6.07) is 16.7. The summed E-state index contributed by atoms with van der Waals surface area (Å²) < 4.78 is 5.25. The first kappa shape index (κ1) is 20.4. The van der Waals surface area contributed by atoms with Gasteiger partial charge in [-0.3, -0.25) is 4.89 Å². The van der Waals surface area contributed by atoms with E-state index in [4.69, 9.17) is 14.5 Å². The number of carbonyl (C=O) groups is 1. The molecule has 3 aliphatic rings. The van der Waals surface area contributed by atoms with Crippen LogP contribution in [0.2, 0.25) is 0 Å². The topological polar surface area (TPSA) is 56.8 Å². The van der Waals surface area contributed by atoms with E-state index in [-0.39, 0.29) is 17.9 Å². The van der Waals surface area contributed by atoms with Gasteiger partial charge in [0.1, 0.15) is 6.61 Å². The molecule has 0 radical (unpaired) electrons. The highest BCUT2D eigenvalue weighted by Gasteiger charge is 2.51. The first-order valence-corrected chi connectivity index (χ1v) is 11.6. The average molecular weight is 422 g/mol. The fourth-order valence-electron chi connectivity index (χ4n) is 6.13. The predicted octanol–water partition coefficient (Wildman–Crippen LogP) is 5.28. The summed E-state index contributed by atoms with van der Waals surface area (Å²) in [6.07, 6.45) is 6.59. The van der Waals surface area contributed by atoms with Crippen LogP contribution in [0, 0.1) is 5.92 Å². The number of hydrogen-bond acceptors (Lipinski definition) is 5. The quantitative estimate of drug-likeness (QED) is 0.404. The summed E-state index contributed by atoms with van der Waals surface area (Å²) in [5.74, 6) is 1.36.